The number of ether oxygens (including phenoxy) is 1. The molecular weight excluding hydrogens is 374 g/mol. The number of hydrogen-bond donors (Lipinski definition) is 1. The normalized spacial score (nSPS) is 16.9. The number of aromatic nitrogens is 1. The largest absolute Gasteiger partial charge is 0.497 e. The van der Waals surface area contributed by atoms with Crippen molar-refractivity contribution >= 4 is 16.8 Å². The van der Waals surface area contributed by atoms with Gasteiger partial charge >= 0.3 is 0 Å². The monoisotopic (exact) mass is 405 g/mol. The van der Waals surface area contributed by atoms with Gasteiger partial charge in [-0.2, -0.15) is 0 Å². The molecule has 1 saturated heterocycles. The minimum atomic E-state index is 0.257. The molecule has 4 rings (SSSR count). The lowest BCUT2D eigenvalue weighted by Gasteiger charge is -2.36. The number of methoxy groups -OCH3 is 1. The molecule has 0 saturated carbocycles. The van der Waals surface area contributed by atoms with Gasteiger partial charge in [-0.05, 0) is 74.8 Å². The molecule has 0 bridgehead atoms. The summed E-state index contributed by atoms with van der Waals surface area (Å²) < 4.78 is 5.30. The second kappa shape index (κ2) is 8.92. The first-order chi connectivity index (χ1) is 14.6. The van der Waals surface area contributed by atoms with E-state index in [1.165, 1.54) is 17.4 Å². The number of aryl methyl sites for hydroxylation is 1. The van der Waals surface area contributed by atoms with Crippen LogP contribution in [-0.4, -0.2) is 61.0 Å². The van der Waals surface area contributed by atoms with E-state index in [1.54, 1.807) is 7.11 Å². The molecule has 1 aliphatic rings. The standard InChI is InChI=1S/C25H31N3O2/c1-27(2)19-7-6-16-28(17-19)24(29)15-14-22-21-8-4-5-9-23(21)26-25(22)18-10-12-20(30-3)13-11-18/h4-5,8-13,19,26H,6-7,14-17H2,1-3H3. The summed E-state index contributed by atoms with van der Waals surface area (Å²) in [6, 6.07) is 16.9. The van der Waals surface area contributed by atoms with Crippen molar-refractivity contribution in [3.8, 4) is 17.0 Å². The van der Waals surface area contributed by atoms with Gasteiger partial charge in [0.2, 0.25) is 5.91 Å². The number of amides is 1. The van der Waals surface area contributed by atoms with Crippen LogP contribution in [0.5, 0.6) is 5.75 Å². The number of hydrogen-bond acceptors (Lipinski definition) is 3. The predicted octanol–water partition coefficient (Wildman–Crippen LogP) is 4.33. The highest BCUT2D eigenvalue weighted by Gasteiger charge is 2.25. The summed E-state index contributed by atoms with van der Waals surface area (Å²) in [6.45, 7) is 1.72. The molecule has 30 heavy (non-hydrogen) atoms. The Morgan fingerprint density at radius 2 is 1.93 bits per heavy atom. The van der Waals surface area contributed by atoms with Crippen molar-refractivity contribution in [2.24, 2.45) is 0 Å². The van der Waals surface area contributed by atoms with Gasteiger partial charge in [-0.15, -0.1) is 0 Å². The number of fused-ring (bicyclic) bond motifs is 1. The molecule has 158 valence electrons. The maximum Gasteiger partial charge on any atom is 0.222 e. The Bertz CT molecular complexity index is 1010. The van der Waals surface area contributed by atoms with E-state index in [1.807, 2.05) is 18.2 Å². The highest BCUT2D eigenvalue weighted by Crippen LogP contribution is 2.32. The summed E-state index contributed by atoms with van der Waals surface area (Å²) in [5.74, 6) is 1.10. The van der Waals surface area contributed by atoms with E-state index >= 15 is 0 Å². The average molecular weight is 406 g/mol. The fourth-order valence-corrected chi connectivity index (χ4v) is 4.46. The third-order valence-electron chi connectivity index (χ3n) is 6.26. The predicted molar refractivity (Wildman–Crippen MR) is 122 cm³/mol. The Hall–Kier alpha value is -2.79. The van der Waals surface area contributed by atoms with Crippen LogP contribution in [0.3, 0.4) is 0 Å². The van der Waals surface area contributed by atoms with E-state index in [0.29, 0.717) is 12.5 Å². The number of rotatable bonds is 6. The highest BCUT2D eigenvalue weighted by molar-refractivity contribution is 5.91. The zero-order valence-electron chi connectivity index (χ0n) is 18.1. The van der Waals surface area contributed by atoms with Crippen molar-refractivity contribution in [2.45, 2.75) is 31.7 Å². The van der Waals surface area contributed by atoms with Gasteiger partial charge in [0.1, 0.15) is 5.75 Å². The third kappa shape index (κ3) is 4.21. The van der Waals surface area contributed by atoms with E-state index < -0.39 is 0 Å². The zero-order valence-corrected chi connectivity index (χ0v) is 18.1. The van der Waals surface area contributed by atoms with Crippen LogP contribution in [0.1, 0.15) is 24.8 Å². The summed E-state index contributed by atoms with van der Waals surface area (Å²) in [4.78, 5) is 20.9. The first kappa shape index (κ1) is 20.5. The van der Waals surface area contributed by atoms with Gasteiger partial charge in [0, 0.05) is 42.1 Å². The Balaban J connectivity index is 1.56. The maximum absolute atomic E-state index is 13.0. The van der Waals surface area contributed by atoms with E-state index in [2.05, 4.69) is 59.2 Å². The van der Waals surface area contributed by atoms with Crippen LogP contribution in [0.15, 0.2) is 48.5 Å². The van der Waals surface area contributed by atoms with Crippen molar-refractivity contribution in [1.82, 2.24) is 14.8 Å². The van der Waals surface area contributed by atoms with Crippen LogP contribution >= 0.6 is 0 Å². The minimum absolute atomic E-state index is 0.257. The molecule has 1 atom stereocenters. The first-order valence-electron chi connectivity index (χ1n) is 10.7. The molecule has 3 aromatic rings. The number of carbonyl (C=O) groups excluding carboxylic acids is 1. The molecule has 5 heteroatoms. The zero-order chi connectivity index (χ0) is 21.1. The van der Waals surface area contributed by atoms with Crippen LogP contribution in [0.2, 0.25) is 0 Å². The molecule has 1 amide bonds. The highest BCUT2D eigenvalue weighted by atomic mass is 16.5. The van der Waals surface area contributed by atoms with Crippen LogP contribution in [-0.2, 0) is 11.2 Å². The molecule has 5 nitrogen and oxygen atoms in total. The second-order valence-corrected chi connectivity index (χ2v) is 8.35. The Kier molecular flexibility index (Phi) is 6.09. The molecule has 0 aliphatic carbocycles. The van der Waals surface area contributed by atoms with Gasteiger partial charge in [-0.3, -0.25) is 4.79 Å². The molecule has 1 aromatic heterocycles. The van der Waals surface area contributed by atoms with E-state index in [4.69, 9.17) is 4.74 Å². The van der Waals surface area contributed by atoms with Crippen molar-refractivity contribution in [1.29, 1.82) is 0 Å². The summed E-state index contributed by atoms with van der Waals surface area (Å²) >= 11 is 0. The van der Waals surface area contributed by atoms with Crippen molar-refractivity contribution in [2.75, 3.05) is 34.3 Å². The Labute approximate surface area is 178 Å². The lowest BCUT2D eigenvalue weighted by atomic mass is 9.99. The molecular formula is C25H31N3O2. The molecule has 1 aliphatic heterocycles. The number of H-pyrrole nitrogens is 1. The number of nitrogens with zero attached hydrogens (tertiary/aromatic N) is 2. The van der Waals surface area contributed by atoms with E-state index in [-0.39, 0.29) is 5.91 Å². The SMILES string of the molecule is COc1ccc(-c2[nH]c3ccccc3c2CCC(=O)N2CCCC(N(C)C)C2)cc1. The number of carbonyl (C=O) groups is 1. The van der Waals surface area contributed by atoms with Crippen LogP contribution in [0, 0.1) is 0 Å². The minimum Gasteiger partial charge on any atom is -0.497 e. The van der Waals surface area contributed by atoms with Gasteiger partial charge in [-0.25, -0.2) is 0 Å². The molecule has 2 heterocycles. The van der Waals surface area contributed by atoms with Gasteiger partial charge in [0.25, 0.3) is 0 Å². The topological polar surface area (TPSA) is 48.6 Å². The Morgan fingerprint density at radius 1 is 1.17 bits per heavy atom. The molecule has 1 fully saturated rings. The Morgan fingerprint density at radius 3 is 2.67 bits per heavy atom. The number of likely N-dealkylation sites (N-methyl/N-ethyl adjacent to an activating group) is 1. The van der Waals surface area contributed by atoms with E-state index in [0.717, 1.165) is 48.5 Å². The summed E-state index contributed by atoms with van der Waals surface area (Å²) in [7, 11) is 5.88. The molecule has 0 radical (unpaired) electrons. The van der Waals surface area contributed by atoms with Gasteiger partial charge < -0.3 is 19.5 Å². The molecule has 1 N–H and O–H groups in total. The molecule has 2 aromatic carbocycles. The van der Waals surface area contributed by atoms with Gasteiger partial charge in [0.15, 0.2) is 0 Å². The summed E-state index contributed by atoms with van der Waals surface area (Å²) in [5.41, 5.74) is 4.53. The van der Waals surface area contributed by atoms with Crippen molar-refractivity contribution in [3.05, 3.63) is 54.1 Å². The summed E-state index contributed by atoms with van der Waals surface area (Å²) in [6.07, 6.45) is 3.51. The lowest BCUT2D eigenvalue weighted by Crippen LogP contribution is -2.47. The third-order valence-corrected chi connectivity index (χ3v) is 6.26. The summed E-state index contributed by atoms with van der Waals surface area (Å²) in [5, 5.41) is 1.20. The number of likely N-dealkylation sites (tertiary alicyclic amines) is 1. The van der Waals surface area contributed by atoms with E-state index in [9.17, 15) is 4.79 Å². The van der Waals surface area contributed by atoms with Crippen LogP contribution < -0.4 is 4.74 Å². The first-order valence-corrected chi connectivity index (χ1v) is 10.7. The maximum atomic E-state index is 13.0. The fourth-order valence-electron chi connectivity index (χ4n) is 4.46. The number of piperidine rings is 1. The van der Waals surface area contributed by atoms with Crippen LogP contribution in [0.4, 0.5) is 0 Å². The second-order valence-electron chi connectivity index (χ2n) is 8.35. The quantitative estimate of drug-likeness (QED) is 0.664. The molecule has 1 unspecified atom stereocenters. The molecule has 0 spiro atoms. The number of benzene rings is 2. The van der Waals surface area contributed by atoms with Crippen molar-refractivity contribution in [3.63, 3.8) is 0 Å². The lowest BCUT2D eigenvalue weighted by molar-refractivity contribution is -0.133. The van der Waals surface area contributed by atoms with Crippen molar-refractivity contribution < 1.29 is 9.53 Å². The fraction of sp³-hybridized carbons (Fsp3) is 0.400. The number of nitrogens with one attached hydrogen (secondary N) is 1. The number of aromatic amines is 1. The van der Waals surface area contributed by atoms with Gasteiger partial charge in [0.05, 0.1) is 7.11 Å². The smallest absolute Gasteiger partial charge is 0.222 e. The van der Waals surface area contributed by atoms with Crippen LogP contribution in [0.25, 0.3) is 22.2 Å². The average Bonchev–Trinajstić information content (AvgIpc) is 3.16. The number of para-hydroxylation sites is 1. The van der Waals surface area contributed by atoms with Gasteiger partial charge in [-0.1, -0.05) is 18.2 Å².